The third-order valence-corrected chi connectivity index (χ3v) is 2.39. The standard InChI is InChI=1S/C9H15F3N2O/c1-13(6-3-9(10,11)12)7-8(15)14-4-2-5-14/h2-7H2,1H3. The summed E-state index contributed by atoms with van der Waals surface area (Å²) in [6, 6.07) is 0. The van der Waals surface area contributed by atoms with Gasteiger partial charge in [0.2, 0.25) is 5.91 Å². The lowest BCUT2D eigenvalue weighted by Crippen LogP contribution is -2.46. The Morgan fingerprint density at radius 1 is 1.40 bits per heavy atom. The van der Waals surface area contributed by atoms with Gasteiger partial charge in [-0.25, -0.2) is 0 Å². The SMILES string of the molecule is CN(CCC(F)(F)F)CC(=O)N1CCC1. The summed E-state index contributed by atoms with van der Waals surface area (Å²) >= 11 is 0. The van der Waals surface area contributed by atoms with Crippen LogP contribution in [0.4, 0.5) is 13.2 Å². The highest BCUT2D eigenvalue weighted by Gasteiger charge is 2.28. The maximum absolute atomic E-state index is 11.9. The highest BCUT2D eigenvalue weighted by atomic mass is 19.4. The molecule has 88 valence electrons. The zero-order valence-electron chi connectivity index (χ0n) is 8.68. The molecule has 1 saturated heterocycles. The van der Waals surface area contributed by atoms with Crippen LogP contribution in [0, 0.1) is 0 Å². The van der Waals surface area contributed by atoms with Crippen molar-refractivity contribution < 1.29 is 18.0 Å². The molecule has 0 aliphatic carbocycles. The molecule has 1 amide bonds. The second kappa shape index (κ2) is 4.83. The monoisotopic (exact) mass is 224 g/mol. The first-order valence-corrected chi connectivity index (χ1v) is 4.91. The summed E-state index contributed by atoms with van der Waals surface area (Å²) in [6.07, 6.45) is -4.01. The van der Waals surface area contributed by atoms with Crippen LogP contribution in [-0.4, -0.2) is 55.1 Å². The van der Waals surface area contributed by atoms with Crippen molar-refractivity contribution in [3.05, 3.63) is 0 Å². The molecular weight excluding hydrogens is 209 g/mol. The van der Waals surface area contributed by atoms with Gasteiger partial charge >= 0.3 is 6.18 Å². The second-order valence-corrected chi connectivity index (χ2v) is 3.84. The molecule has 0 aromatic heterocycles. The molecule has 1 aliphatic heterocycles. The molecule has 0 bridgehead atoms. The maximum atomic E-state index is 11.9. The van der Waals surface area contributed by atoms with E-state index in [1.54, 1.807) is 4.90 Å². The molecule has 1 rings (SSSR count). The first kappa shape index (κ1) is 12.3. The molecule has 1 heterocycles. The highest BCUT2D eigenvalue weighted by Crippen LogP contribution is 2.19. The molecule has 1 aliphatic rings. The van der Waals surface area contributed by atoms with E-state index in [2.05, 4.69) is 0 Å². The lowest BCUT2D eigenvalue weighted by molar-refractivity contribution is -0.142. The van der Waals surface area contributed by atoms with E-state index in [1.165, 1.54) is 11.9 Å². The van der Waals surface area contributed by atoms with Crippen molar-refractivity contribution in [1.29, 1.82) is 0 Å². The first-order chi connectivity index (χ1) is 6.88. The number of rotatable bonds is 4. The van der Waals surface area contributed by atoms with E-state index in [4.69, 9.17) is 0 Å². The number of hydrogen-bond acceptors (Lipinski definition) is 2. The zero-order valence-corrected chi connectivity index (χ0v) is 8.68. The predicted molar refractivity (Wildman–Crippen MR) is 49.4 cm³/mol. The molecule has 0 aromatic rings. The van der Waals surface area contributed by atoms with Crippen molar-refractivity contribution in [3.8, 4) is 0 Å². The van der Waals surface area contributed by atoms with Gasteiger partial charge < -0.3 is 4.90 Å². The van der Waals surface area contributed by atoms with Crippen LogP contribution in [-0.2, 0) is 4.79 Å². The predicted octanol–water partition coefficient (Wildman–Crippen LogP) is 1.10. The Morgan fingerprint density at radius 3 is 2.40 bits per heavy atom. The Kier molecular flexibility index (Phi) is 3.96. The van der Waals surface area contributed by atoms with Gasteiger partial charge in [0.25, 0.3) is 0 Å². The van der Waals surface area contributed by atoms with Crippen LogP contribution in [0.3, 0.4) is 0 Å². The topological polar surface area (TPSA) is 23.6 Å². The van der Waals surface area contributed by atoms with E-state index >= 15 is 0 Å². The third kappa shape index (κ3) is 4.51. The fourth-order valence-corrected chi connectivity index (χ4v) is 1.29. The van der Waals surface area contributed by atoms with Gasteiger partial charge in [-0.1, -0.05) is 0 Å². The molecule has 0 atom stereocenters. The van der Waals surface area contributed by atoms with Crippen LogP contribution in [0.25, 0.3) is 0 Å². The van der Waals surface area contributed by atoms with E-state index in [0.29, 0.717) is 0 Å². The van der Waals surface area contributed by atoms with Gasteiger partial charge in [0.15, 0.2) is 0 Å². The zero-order chi connectivity index (χ0) is 11.5. The summed E-state index contributed by atoms with van der Waals surface area (Å²) in [5, 5.41) is 0. The smallest absolute Gasteiger partial charge is 0.341 e. The lowest BCUT2D eigenvalue weighted by Gasteiger charge is -2.32. The number of halogens is 3. The summed E-state index contributed by atoms with van der Waals surface area (Å²) in [6.45, 7) is 1.44. The molecule has 3 nitrogen and oxygen atoms in total. The number of alkyl halides is 3. The van der Waals surface area contributed by atoms with Gasteiger partial charge in [-0.15, -0.1) is 0 Å². The Morgan fingerprint density at radius 2 is 2.00 bits per heavy atom. The average molecular weight is 224 g/mol. The Balaban J connectivity index is 2.17. The number of carbonyl (C=O) groups is 1. The number of nitrogens with zero attached hydrogens (tertiary/aromatic N) is 2. The van der Waals surface area contributed by atoms with Crippen LogP contribution < -0.4 is 0 Å². The molecule has 0 radical (unpaired) electrons. The van der Waals surface area contributed by atoms with E-state index in [-0.39, 0.29) is 19.0 Å². The molecule has 0 saturated carbocycles. The van der Waals surface area contributed by atoms with Gasteiger partial charge in [-0.3, -0.25) is 9.69 Å². The van der Waals surface area contributed by atoms with E-state index in [1.807, 2.05) is 0 Å². The molecular formula is C9H15F3N2O. The van der Waals surface area contributed by atoms with Crippen molar-refractivity contribution in [2.45, 2.75) is 19.0 Å². The van der Waals surface area contributed by atoms with Crippen LogP contribution in [0.2, 0.25) is 0 Å². The van der Waals surface area contributed by atoms with Gasteiger partial charge in [-0.2, -0.15) is 13.2 Å². The minimum atomic E-state index is -4.14. The normalized spacial score (nSPS) is 16.7. The molecule has 1 fully saturated rings. The average Bonchev–Trinajstić information content (AvgIpc) is 1.95. The quantitative estimate of drug-likeness (QED) is 0.714. The Bertz CT molecular complexity index is 226. The third-order valence-electron chi connectivity index (χ3n) is 2.39. The van der Waals surface area contributed by atoms with Crippen LogP contribution >= 0.6 is 0 Å². The molecule has 6 heteroatoms. The van der Waals surface area contributed by atoms with Crippen molar-refractivity contribution >= 4 is 5.91 Å². The summed E-state index contributed by atoms with van der Waals surface area (Å²) < 4.78 is 35.6. The van der Waals surface area contributed by atoms with Gasteiger partial charge in [0, 0.05) is 19.6 Å². The first-order valence-electron chi connectivity index (χ1n) is 4.91. The molecule has 0 unspecified atom stereocenters. The van der Waals surface area contributed by atoms with E-state index in [9.17, 15) is 18.0 Å². The fourth-order valence-electron chi connectivity index (χ4n) is 1.29. The number of hydrogen-bond donors (Lipinski definition) is 0. The summed E-state index contributed by atoms with van der Waals surface area (Å²) in [5.74, 6) is -0.0778. The Hall–Kier alpha value is -0.780. The van der Waals surface area contributed by atoms with Crippen molar-refractivity contribution in [1.82, 2.24) is 9.80 Å². The van der Waals surface area contributed by atoms with Crippen molar-refractivity contribution in [2.24, 2.45) is 0 Å². The van der Waals surface area contributed by atoms with Crippen LogP contribution in [0.15, 0.2) is 0 Å². The number of likely N-dealkylation sites (N-methyl/N-ethyl adjacent to an activating group) is 1. The highest BCUT2D eigenvalue weighted by molar-refractivity contribution is 5.78. The Labute approximate surface area is 86.8 Å². The lowest BCUT2D eigenvalue weighted by atomic mass is 10.2. The minimum absolute atomic E-state index is 0.0778. The summed E-state index contributed by atoms with van der Waals surface area (Å²) in [7, 11) is 1.53. The van der Waals surface area contributed by atoms with E-state index < -0.39 is 12.6 Å². The number of amides is 1. The number of likely N-dealkylation sites (tertiary alicyclic amines) is 1. The van der Waals surface area contributed by atoms with Crippen LogP contribution in [0.5, 0.6) is 0 Å². The van der Waals surface area contributed by atoms with Gasteiger partial charge in [0.05, 0.1) is 13.0 Å². The largest absolute Gasteiger partial charge is 0.390 e. The maximum Gasteiger partial charge on any atom is 0.390 e. The summed E-state index contributed by atoms with van der Waals surface area (Å²) in [4.78, 5) is 14.4. The van der Waals surface area contributed by atoms with E-state index in [0.717, 1.165) is 19.5 Å². The van der Waals surface area contributed by atoms with Crippen LogP contribution in [0.1, 0.15) is 12.8 Å². The van der Waals surface area contributed by atoms with Crippen molar-refractivity contribution in [3.63, 3.8) is 0 Å². The van der Waals surface area contributed by atoms with Gasteiger partial charge in [-0.05, 0) is 13.5 Å². The van der Waals surface area contributed by atoms with Gasteiger partial charge in [0.1, 0.15) is 0 Å². The molecule has 0 aromatic carbocycles. The van der Waals surface area contributed by atoms with Crippen molar-refractivity contribution in [2.75, 3.05) is 33.2 Å². The molecule has 15 heavy (non-hydrogen) atoms. The number of carbonyl (C=O) groups excluding carboxylic acids is 1. The molecule has 0 spiro atoms. The summed E-state index contributed by atoms with van der Waals surface area (Å²) in [5.41, 5.74) is 0. The minimum Gasteiger partial charge on any atom is -0.341 e. The fraction of sp³-hybridized carbons (Fsp3) is 0.889. The second-order valence-electron chi connectivity index (χ2n) is 3.84. The molecule has 0 N–H and O–H groups in total.